The third kappa shape index (κ3) is 3.83. The van der Waals surface area contributed by atoms with E-state index < -0.39 is 5.97 Å². The largest absolute Gasteiger partial charge is 0.462 e. The van der Waals surface area contributed by atoms with Crippen LogP contribution in [0.4, 0.5) is 5.82 Å². The van der Waals surface area contributed by atoms with E-state index in [1.165, 1.54) is 0 Å². The van der Waals surface area contributed by atoms with Gasteiger partial charge in [0.1, 0.15) is 11.1 Å². The van der Waals surface area contributed by atoms with Crippen LogP contribution in [0.3, 0.4) is 0 Å². The Balaban J connectivity index is 2.17. The number of aryl methyl sites for hydroxylation is 1. The van der Waals surface area contributed by atoms with Gasteiger partial charge in [-0.3, -0.25) is 0 Å². The van der Waals surface area contributed by atoms with E-state index >= 15 is 0 Å². The molecule has 2 heterocycles. The Labute approximate surface area is 165 Å². The number of aromatic nitrogens is 4. The monoisotopic (exact) mass is 381 g/mol. The predicted molar refractivity (Wildman–Crippen MR) is 110 cm³/mol. The zero-order valence-electron chi connectivity index (χ0n) is 16.9. The van der Waals surface area contributed by atoms with Crippen molar-refractivity contribution in [3.8, 4) is 0 Å². The van der Waals surface area contributed by atoms with Crippen molar-refractivity contribution in [2.45, 2.75) is 46.6 Å². The van der Waals surface area contributed by atoms with Crippen LogP contribution in [0.5, 0.6) is 0 Å². The van der Waals surface area contributed by atoms with Crippen molar-refractivity contribution in [1.29, 1.82) is 0 Å². The molecular weight excluding hydrogens is 354 g/mol. The Hall–Kier alpha value is -2.96. The number of rotatable bonds is 8. The molecule has 0 fully saturated rings. The van der Waals surface area contributed by atoms with Gasteiger partial charge in [0.25, 0.3) is 0 Å². The molecular formula is C21H27N5O2. The van der Waals surface area contributed by atoms with Crippen molar-refractivity contribution in [2.24, 2.45) is 0 Å². The number of nitrogens with one attached hydrogen (secondary N) is 1. The molecule has 1 N–H and O–H groups in total. The van der Waals surface area contributed by atoms with Crippen LogP contribution >= 0.6 is 0 Å². The van der Waals surface area contributed by atoms with E-state index in [0.717, 1.165) is 24.9 Å². The summed E-state index contributed by atoms with van der Waals surface area (Å²) in [7, 11) is 0. The van der Waals surface area contributed by atoms with E-state index in [1.807, 2.05) is 44.2 Å². The summed E-state index contributed by atoms with van der Waals surface area (Å²) in [6.45, 7) is 8.88. The summed E-state index contributed by atoms with van der Waals surface area (Å²) in [5.74, 6) is 0.252. The number of fused-ring (bicyclic) bond motifs is 1. The summed E-state index contributed by atoms with van der Waals surface area (Å²) in [6.07, 6.45) is 2.10. The number of unbranched alkanes of at least 4 members (excludes halogenated alkanes) is 1. The van der Waals surface area contributed by atoms with Crippen LogP contribution in [0.15, 0.2) is 30.3 Å². The van der Waals surface area contributed by atoms with Gasteiger partial charge in [0, 0.05) is 6.54 Å². The minimum Gasteiger partial charge on any atom is -0.462 e. The van der Waals surface area contributed by atoms with E-state index in [-0.39, 0.29) is 6.04 Å². The van der Waals surface area contributed by atoms with Gasteiger partial charge in [-0.15, -0.1) is 5.10 Å². The molecule has 0 aliphatic rings. The van der Waals surface area contributed by atoms with Crippen LogP contribution in [0.2, 0.25) is 0 Å². The maximum atomic E-state index is 12.7. The lowest BCUT2D eigenvalue weighted by Crippen LogP contribution is -2.15. The van der Waals surface area contributed by atoms with Gasteiger partial charge in [0.2, 0.25) is 0 Å². The molecule has 7 heteroatoms. The number of benzene rings is 1. The summed E-state index contributed by atoms with van der Waals surface area (Å²) in [5.41, 5.74) is 3.35. The van der Waals surface area contributed by atoms with Crippen molar-refractivity contribution in [3.05, 3.63) is 47.2 Å². The highest BCUT2D eigenvalue weighted by atomic mass is 16.5. The topological polar surface area (TPSA) is 81.9 Å². The van der Waals surface area contributed by atoms with E-state index in [9.17, 15) is 4.79 Å². The van der Waals surface area contributed by atoms with Crippen LogP contribution in [0.25, 0.3) is 11.0 Å². The molecule has 0 radical (unpaired) electrons. The molecule has 1 atom stereocenters. The summed E-state index contributed by atoms with van der Waals surface area (Å²) >= 11 is 0. The summed E-state index contributed by atoms with van der Waals surface area (Å²) in [6, 6.07) is 9.94. The number of hydrogen-bond acceptors (Lipinski definition) is 6. The number of pyridine rings is 1. The van der Waals surface area contributed by atoms with Crippen LogP contribution in [0.1, 0.15) is 61.3 Å². The van der Waals surface area contributed by atoms with Gasteiger partial charge in [-0.1, -0.05) is 48.9 Å². The molecule has 0 saturated carbocycles. The average Bonchev–Trinajstić information content (AvgIpc) is 3.13. The lowest BCUT2D eigenvalue weighted by atomic mass is 10.1. The maximum absolute atomic E-state index is 12.7. The third-order valence-electron chi connectivity index (χ3n) is 4.75. The average molecular weight is 381 g/mol. The van der Waals surface area contributed by atoms with Crippen LogP contribution in [0, 0.1) is 6.92 Å². The Morgan fingerprint density at radius 3 is 2.68 bits per heavy atom. The quantitative estimate of drug-likeness (QED) is 0.467. The fourth-order valence-electron chi connectivity index (χ4n) is 3.23. The first kappa shape index (κ1) is 19.8. The van der Waals surface area contributed by atoms with Crippen molar-refractivity contribution >= 4 is 22.8 Å². The Morgan fingerprint density at radius 1 is 1.25 bits per heavy atom. The minimum absolute atomic E-state index is 0.0929. The first-order chi connectivity index (χ1) is 13.6. The molecule has 0 amide bonds. The molecule has 1 aromatic carbocycles. The second-order valence-electron chi connectivity index (χ2n) is 6.74. The molecule has 3 aromatic rings. The highest BCUT2D eigenvalue weighted by Crippen LogP contribution is 2.30. The summed E-state index contributed by atoms with van der Waals surface area (Å²) in [4.78, 5) is 17.3. The van der Waals surface area contributed by atoms with Gasteiger partial charge in [-0.2, -0.15) is 0 Å². The van der Waals surface area contributed by atoms with Crippen LogP contribution < -0.4 is 5.32 Å². The molecule has 0 spiro atoms. The smallest absolute Gasteiger partial charge is 0.342 e. The molecule has 148 valence electrons. The molecule has 7 nitrogen and oxygen atoms in total. The lowest BCUT2D eigenvalue weighted by molar-refractivity contribution is 0.0526. The molecule has 1 unspecified atom stereocenters. The zero-order chi connectivity index (χ0) is 20.1. The second-order valence-corrected chi connectivity index (χ2v) is 6.74. The van der Waals surface area contributed by atoms with Crippen molar-refractivity contribution in [1.82, 2.24) is 20.0 Å². The number of ether oxygens (including phenoxy) is 1. The Kier molecular flexibility index (Phi) is 6.23. The van der Waals surface area contributed by atoms with Gasteiger partial charge in [0.15, 0.2) is 11.3 Å². The summed E-state index contributed by atoms with van der Waals surface area (Å²) < 4.78 is 7.09. The standard InChI is InChI=1S/C21H27N5O2/c1-5-7-13-22-20-18-19(17(14(3)23-20)21(27)28-6-2)26(25-24-18)15(4)16-11-9-8-10-12-16/h8-12,15H,5-7,13H2,1-4H3,(H,22,23). The molecule has 0 aliphatic heterocycles. The summed E-state index contributed by atoms with van der Waals surface area (Å²) in [5, 5.41) is 12.1. The van der Waals surface area contributed by atoms with Gasteiger partial charge in [0.05, 0.1) is 18.3 Å². The number of hydrogen-bond donors (Lipinski definition) is 1. The Morgan fingerprint density at radius 2 is 2.00 bits per heavy atom. The van der Waals surface area contributed by atoms with Crippen molar-refractivity contribution < 1.29 is 9.53 Å². The number of nitrogens with zero attached hydrogens (tertiary/aromatic N) is 4. The predicted octanol–water partition coefficient (Wildman–Crippen LogP) is 4.13. The fraction of sp³-hybridized carbons (Fsp3) is 0.429. The number of carbonyl (C=O) groups is 1. The fourth-order valence-corrected chi connectivity index (χ4v) is 3.23. The molecule has 28 heavy (non-hydrogen) atoms. The number of esters is 1. The molecule has 0 saturated heterocycles. The number of carbonyl (C=O) groups excluding carboxylic acids is 1. The normalized spacial score (nSPS) is 12.1. The van der Waals surface area contributed by atoms with Gasteiger partial charge >= 0.3 is 5.97 Å². The van der Waals surface area contributed by atoms with E-state index in [1.54, 1.807) is 11.6 Å². The first-order valence-electron chi connectivity index (χ1n) is 9.79. The maximum Gasteiger partial charge on any atom is 0.342 e. The zero-order valence-corrected chi connectivity index (χ0v) is 16.9. The van der Waals surface area contributed by atoms with Gasteiger partial charge < -0.3 is 10.1 Å². The van der Waals surface area contributed by atoms with Crippen molar-refractivity contribution in [2.75, 3.05) is 18.5 Å². The second kappa shape index (κ2) is 8.82. The molecule has 0 aliphatic carbocycles. The first-order valence-corrected chi connectivity index (χ1v) is 9.79. The Bertz CT molecular complexity index is 952. The van der Waals surface area contributed by atoms with Crippen molar-refractivity contribution in [3.63, 3.8) is 0 Å². The highest BCUT2D eigenvalue weighted by molar-refractivity contribution is 6.05. The van der Waals surface area contributed by atoms with E-state index in [0.29, 0.717) is 34.7 Å². The van der Waals surface area contributed by atoms with Crippen LogP contribution in [-0.4, -0.2) is 39.1 Å². The molecule has 3 rings (SSSR count). The van der Waals surface area contributed by atoms with E-state index in [4.69, 9.17) is 4.74 Å². The minimum atomic E-state index is -0.401. The van der Waals surface area contributed by atoms with Gasteiger partial charge in [-0.25, -0.2) is 14.5 Å². The highest BCUT2D eigenvalue weighted by Gasteiger charge is 2.26. The third-order valence-corrected chi connectivity index (χ3v) is 4.75. The lowest BCUT2D eigenvalue weighted by Gasteiger charge is -2.16. The van der Waals surface area contributed by atoms with E-state index in [2.05, 4.69) is 27.5 Å². The van der Waals surface area contributed by atoms with Crippen LogP contribution in [-0.2, 0) is 4.74 Å². The number of anilines is 1. The van der Waals surface area contributed by atoms with Gasteiger partial charge in [-0.05, 0) is 32.8 Å². The molecule has 0 bridgehead atoms. The molecule has 2 aromatic heterocycles. The SMILES string of the molecule is CCCCNc1nc(C)c(C(=O)OCC)c2c1nnn2C(C)c1ccccc1.